The van der Waals surface area contributed by atoms with E-state index < -0.39 is 0 Å². The van der Waals surface area contributed by atoms with Crippen LogP contribution in [0.1, 0.15) is 29.3 Å². The largest absolute Gasteiger partial charge is 0.295 e. The number of imidazole rings is 1. The highest BCUT2D eigenvalue weighted by molar-refractivity contribution is 6.20. The van der Waals surface area contributed by atoms with Gasteiger partial charge in [0, 0.05) is 0 Å². The van der Waals surface area contributed by atoms with Crippen LogP contribution in [0.4, 0.5) is 4.39 Å². The van der Waals surface area contributed by atoms with Crippen molar-refractivity contribution in [3.8, 4) is 5.69 Å². The molecule has 0 bridgehead atoms. The van der Waals surface area contributed by atoms with Crippen LogP contribution in [0.25, 0.3) is 16.7 Å². The summed E-state index contributed by atoms with van der Waals surface area (Å²) in [6.07, 6.45) is 0. The number of aromatic nitrogens is 2. The first kappa shape index (κ1) is 14.1. The van der Waals surface area contributed by atoms with Gasteiger partial charge in [0.15, 0.2) is 0 Å². The minimum absolute atomic E-state index is 0.257. The molecule has 0 aliphatic carbocycles. The molecular weight excluding hydrogens is 287 g/mol. The van der Waals surface area contributed by atoms with Crippen LogP contribution in [0.2, 0.25) is 0 Å². The molecule has 4 heteroatoms. The lowest BCUT2D eigenvalue weighted by Gasteiger charge is -2.12. The number of hydrogen-bond acceptors (Lipinski definition) is 1. The Bertz CT molecular complexity index is 801. The van der Waals surface area contributed by atoms with Gasteiger partial charge < -0.3 is 0 Å². The highest BCUT2D eigenvalue weighted by Gasteiger charge is 2.17. The van der Waals surface area contributed by atoms with Gasteiger partial charge in [-0.2, -0.15) is 0 Å². The molecule has 1 aromatic heterocycles. The van der Waals surface area contributed by atoms with Crippen molar-refractivity contribution >= 4 is 22.6 Å². The Balaban J connectivity index is 2.38. The maximum Gasteiger partial charge on any atom is 0.132 e. The van der Waals surface area contributed by atoms with Crippen LogP contribution in [0, 0.1) is 19.7 Å². The Labute approximate surface area is 128 Å². The zero-order valence-electron chi connectivity index (χ0n) is 12.2. The smallest absolute Gasteiger partial charge is 0.132 e. The average Bonchev–Trinajstić information content (AvgIpc) is 2.76. The molecule has 0 saturated heterocycles. The van der Waals surface area contributed by atoms with Crippen LogP contribution >= 0.6 is 11.6 Å². The fourth-order valence-corrected chi connectivity index (χ4v) is 2.73. The molecule has 0 radical (unpaired) electrons. The van der Waals surface area contributed by atoms with E-state index in [2.05, 4.69) is 4.98 Å². The summed E-state index contributed by atoms with van der Waals surface area (Å²) in [6.45, 7) is 5.77. The van der Waals surface area contributed by atoms with Gasteiger partial charge in [0.05, 0.1) is 22.1 Å². The number of fused-ring (bicyclic) bond motifs is 1. The highest BCUT2D eigenvalue weighted by Crippen LogP contribution is 2.29. The van der Waals surface area contributed by atoms with Crippen molar-refractivity contribution in [3.63, 3.8) is 0 Å². The second kappa shape index (κ2) is 5.15. The van der Waals surface area contributed by atoms with Crippen LogP contribution in [-0.4, -0.2) is 9.55 Å². The van der Waals surface area contributed by atoms with E-state index in [9.17, 15) is 4.39 Å². The third-order valence-electron chi connectivity index (χ3n) is 3.48. The van der Waals surface area contributed by atoms with E-state index in [1.807, 2.05) is 49.6 Å². The number of aryl methyl sites for hydroxylation is 2. The fraction of sp³-hybridized carbons (Fsp3) is 0.235. The van der Waals surface area contributed by atoms with Gasteiger partial charge >= 0.3 is 0 Å². The number of alkyl halides is 1. The van der Waals surface area contributed by atoms with E-state index in [0.717, 1.165) is 33.7 Å². The number of benzene rings is 2. The molecule has 0 aliphatic rings. The summed E-state index contributed by atoms with van der Waals surface area (Å²) in [4.78, 5) is 4.60. The summed E-state index contributed by atoms with van der Waals surface area (Å²) < 4.78 is 15.7. The first-order valence-electron chi connectivity index (χ1n) is 6.86. The molecule has 1 atom stereocenters. The molecule has 108 valence electrons. The third kappa shape index (κ3) is 2.54. The Morgan fingerprint density at radius 2 is 1.86 bits per heavy atom. The minimum atomic E-state index is -0.263. The first-order chi connectivity index (χ1) is 9.95. The Kier molecular flexibility index (Phi) is 3.46. The van der Waals surface area contributed by atoms with Crippen LogP contribution in [0.15, 0.2) is 36.4 Å². The normalized spacial score (nSPS) is 12.8. The predicted molar refractivity (Wildman–Crippen MR) is 84.8 cm³/mol. The van der Waals surface area contributed by atoms with Crippen molar-refractivity contribution in [2.75, 3.05) is 0 Å². The lowest BCUT2D eigenvalue weighted by Crippen LogP contribution is -2.03. The molecule has 0 fully saturated rings. The lowest BCUT2D eigenvalue weighted by molar-refractivity contribution is 0.625. The van der Waals surface area contributed by atoms with E-state index in [1.165, 1.54) is 12.1 Å². The minimum Gasteiger partial charge on any atom is -0.295 e. The zero-order valence-corrected chi connectivity index (χ0v) is 12.9. The number of nitrogens with zero attached hydrogens (tertiary/aromatic N) is 2. The summed E-state index contributed by atoms with van der Waals surface area (Å²) in [7, 11) is 0. The number of halogens is 2. The molecule has 3 rings (SSSR count). The monoisotopic (exact) mass is 302 g/mol. The summed E-state index contributed by atoms with van der Waals surface area (Å²) in [5, 5.41) is -0.263. The molecule has 0 aliphatic heterocycles. The fourth-order valence-electron chi connectivity index (χ4n) is 2.59. The Morgan fingerprint density at radius 1 is 1.10 bits per heavy atom. The van der Waals surface area contributed by atoms with Crippen LogP contribution in [0.5, 0.6) is 0 Å². The van der Waals surface area contributed by atoms with Crippen LogP contribution < -0.4 is 0 Å². The Morgan fingerprint density at radius 3 is 2.52 bits per heavy atom. The molecular formula is C17H16ClFN2. The summed E-state index contributed by atoms with van der Waals surface area (Å²) in [5.41, 5.74) is 4.56. The summed E-state index contributed by atoms with van der Waals surface area (Å²) in [5.74, 6) is 0.468. The van der Waals surface area contributed by atoms with Crippen molar-refractivity contribution in [3.05, 3.63) is 59.2 Å². The van der Waals surface area contributed by atoms with E-state index in [-0.39, 0.29) is 11.2 Å². The standard InChI is InChI=1S/C17H16ClFN2/c1-10-4-5-15-16(8-10)21(17(20-15)12(3)18)14-7-11(2)6-13(19)9-14/h4-9,12H,1-3H3. The molecule has 1 heterocycles. The van der Waals surface area contributed by atoms with Crippen LogP contribution in [-0.2, 0) is 0 Å². The van der Waals surface area contributed by atoms with E-state index in [4.69, 9.17) is 11.6 Å². The van der Waals surface area contributed by atoms with E-state index >= 15 is 0 Å². The topological polar surface area (TPSA) is 17.8 Å². The zero-order chi connectivity index (χ0) is 15.1. The molecule has 21 heavy (non-hydrogen) atoms. The van der Waals surface area contributed by atoms with Gasteiger partial charge in [-0.3, -0.25) is 4.57 Å². The molecule has 0 spiro atoms. The molecule has 0 saturated carbocycles. The van der Waals surface area contributed by atoms with Crippen molar-refractivity contribution < 1.29 is 4.39 Å². The van der Waals surface area contributed by atoms with Gasteiger partial charge in [-0.25, -0.2) is 9.37 Å². The number of hydrogen-bond donors (Lipinski definition) is 0. The molecule has 0 N–H and O–H groups in total. The third-order valence-corrected chi connectivity index (χ3v) is 3.67. The number of rotatable bonds is 2. The van der Waals surface area contributed by atoms with Crippen molar-refractivity contribution in [2.24, 2.45) is 0 Å². The van der Waals surface area contributed by atoms with Gasteiger partial charge in [-0.1, -0.05) is 6.07 Å². The maximum atomic E-state index is 13.8. The van der Waals surface area contributed by atoms with Gasteiger partial charge in [-0.15, -0.1) is 11.6 Å². The van der Waals surface area contributed by atoms with Crippen molar-refractivity contribution in [1.82, 2.24) is 9.55 Å². The van der Waals surface area contributed by atoms with Gasteiger partial charge in [0.1, 0.15) is 11.6 Å². The second-order valence-electron chi connectivity index (χ2n) is 5.40. The SMILES string of the molecule is Cc1cc(F)cc(-n2c(C(C)Cl)nc3ccc(C)cc32)c1. The molecule has 2 aromatic carbocycles. The van der Waals surface area contributed by atoms with Gasteiger partial charge in [0.25, 0.3) is 0 Å². The van der Waals surface area contributed by atoms with Crippen molar-refractivity contribution in [2.45, 2.75) is 26.1 Å². The molecule has 1 unspecified atom stereocenters. The predicted octanol–water partition coefficient (Wildman–Crippen LogP) is 5.08. The molecule has 2 nitrogen and oxygen atoms in total. The van der Waals surface area contributed by atoms with Gasteiger partial charge in [0.2, 0.25) is 0 Å². The van der Waals surface area contributed by atoms with Crippen LogP contribution in [0.3, 0.4) is 0 Å². The summed E-state index contributed by atoms with van der Waals surface area (Å²) >= 11 is 6.27. The maximum absolute atomic E-state index is 13.8. The van der Waals surface area contributed by atoms with Crippen molar-refractivity contribution in [1.29, 1.82) is 0 Å². The first-order valence-corrected chi connectivity index (χ1v) is 7.30. The highest BCUT2D eigenvalue weighted by atomic mass is 35.5. The lowest BCUT2D eigenvalue weighted by atomic mass is 10.2. The average molecular weight is 303 g/mol. The molecule has 3 aromatic rings. The van der Waals surface area contributed by atoms with Gasteiger partial charge in [-0.05, 0) is 62.2 Å². The second-order valence-corrected chi connectivity index (χ2v) is 6.06. The molecule has 0 amide bonds. The quantitative estimate of drug-likeness (QED) is 0.604. The summed E-state index contributed by atoms with van der Waals surface area (Å²) in [6, 6.07) is 11.0. The van der Waals surface area contributed by atoms with E-state index in [1.54, 1.807) is 0 Å². The Hall–Kier alpha value is -1.87. The van der Waals surface area contributed by atoms with E-state index in [0.29, 0.717) is 0 Å².